The third-order valence-electron chi connectivity index (χ3n) is 6.41. The molecule has 13 nitrogen and oxygen atoms in total. The van der Waals surface area contributed by atoms with Crippen LogP contribution in [0.25, 0.3) is 11.3 Å². The van der Waals surface area contributed by atoms with Crippen molar-refractivity contribution in [1.82, 2.24) is 14.6 Å². The van der Waals surface area contributed by atoms with Gasteiger partial charge < -0.3 is 24.2 Å². The predicted octanol–water partition coefficient (Wildman–Crippen LogP) is 3.01. The zero-order valence-electron chi connectivity index (χ0n) is 23.9. The largest absolute Gasteiger partial charge is 0.493 e. The van der Waals surface area contributed by atoms with Crippen LogP contribution in [0.4, 0.5) is 5.69 Å². The number of methoxy groups -OCH3 is 3. The first-order valence-electron chi connectivity index (χ1n) is 12.9. The molecule has 1 aromatic heterocycles. The topological polar surface area (TPSA) is 170 Å². The Morgan fingerprint density at radius 1 is 1.07 bits per heavy atom. The van der Waals surface area contributed by atoms with E-state index in [2.05, 4.69) is 9.71 Å². The summed E-state index contributed by atoms with van der Waals surface area (Å²) in [6.45, 7) is 2.86. The van der Waals surface area contributed by atoms with Gasteiger partial charge in [0.05, 0.1) is 38.6 Å². The van der Waals surface area contributed by atoms with Crippen molar-refractivity contribution in [2.75, 3.05) is 34.5 Å². The smallest absolute Gasteiger partial charge is 0.289 e. The molecule has 2 N–H and O–H groups in total. The first-order chi connectivity index (χ1) is 20.0. The number of para-hydroxylation sites is 1. The number of ether oxygens (including phenoxy) is 3. The molecule has 14 heteroatoms. The summed E-state index contributed by atoms with van der Waals surface area (Å²) in [6, 6.07) is 10.5. The second-order valence-corrected chi connectivity index (χ2v) is 11.2. The molecule has 0 aliphatic carbocycles. The van der Waals surface area contributed by atoms with Crippen LogP contribution in [0.15, 0.2) is 59.6 Å². The summed E-state index contributed by atoms with van der Waals surface area (Å²) in [5.41, 5.74) is 1.24. The van der Waals surface area contributed by atoms with Crippen LogP contribution in [-0.2, 0) is 21.4 Å². The second kappa shape index (κ2) is 14.1. The molecule has 3 rings (SSSR count). The lowest BCUT2D eigenvalue weighted by Crippen LogP contribution is -2.51. The van der Waals surface area contributed by atoms with Crippen molar-refractivity contribution in [3.05, 3.63) is 70.4 Å². The summed E-state index contributed by atoms with van der Waals surface area (Å²) < 4.78 is 45.0. The van der Waals surface area contributed by atoms with E-state index in [1.165, 1.54) is 38.4 Å². The number of aliphatic hydroxyl groups excluding tert-OH is 1. The summed E-state index contributed by atoms with van der Waals surface area (Å²) in [7, 11) is 0.0407. The van der Waals surface area contributed by atoms with Crippen molar-refractivity contribution >= 4 is 21.6 Å². The van der Waals surface area contributed by atoms with E-state index in [0.29, 0.717) is 34.1 Å². The lowest BCUT2D eigenvalue weighted by Gasteiger charge is -2.29. The van der Waals surface area contributed by atoms with Gasteiger partial charge in [-0.25, -0.2) is 8.42 Å². The summed E-state index contributed by atoms with van der Waals surface area (Å²) >= 11 is 0. The molecule has 0 spiro atoms. The molecular formula is C28H34N4O9S. The number of nitrogens with zero attached hydrogens (tertiary/aromatic N) is 3. The fraction of sp³-hybridized carbons (Fsp3) is 0.357. The summed E-state index contributed by atoms with van der Waals surface area (Å²) in [5, 5.41) is 21.2. The van der Waals surface area contributed by atoms with E-state index in [0.717, 1.165) is 12.1 Å². The van der Waals surface area contributed by atoms with Gasteiger partial charge in [0.25, 0.3) is 5.69 Å². The van der Waals surface area contributed by atoms with Crippen molar-refractivity contribution in [2.45, 2.75) is 31.3 Å². The van der Waals surface area contributed by atoms with E-state index in [1.807, 2.05) is 0 Å². The van der Waals surface area contributed by atoms with Gasteiger partial charge in [-0.3, -0.25) is 19.9 Å². The molecule has 0 radical (unpaired) electrons. The van der Waals surface area contributed by atoms with Crippen LogP contribution < -0.4 is 18.9 Å². The Morgan fingerprint density at radius 2 is 1.71 bits per heavy atom. The highest BCUT2D eigenvalue weighted by Gasteiger charge is 2.34. The van der Waals surface area contributed by atoms with Crippen molar-refractivity contribution in [1.29, 1.82) is 0 Å². The SMILES string of the molecule is COc1cc(-c2cc(CN(CCO)C(=O)C(NS(=O)(=O)c3ccccc3[N+](=O)[O-])C(C)C)ccn2)cc(OC)c1OC. The van der Waals surface area contributed by atoms with Gasteiger partial charge >= 0.3 is 0 Å². The molecule has 0 saturated heterocycles. The van der Waals surface area contributed by atoms with Gasteiger partial charge in [-0.2, -0.15) is 4.72 Å². The van der Waals surface area contributed by atoms with Gasteiger partial charge in [-0.15, -0.1) is 0 Å². The number of aromatic nitrogens is 1. The van der Waals surface area contributed by atoms with Crippen molar-refractivity contribution in [2.24, 2.45) is 5.92 Å². The Kier molecular flexibility index (Phi) is 10.8. The number of carbonyl (C=O) groups is 1. The standard InChI is InChI=1S/C28H34N4O9S/c1-18(2)26(30-42(37,38)25-9-7-6-8-22(25)32(35)36)28(34)31(12-13-33)17-19-10-11-29-21(14-19)20-15-23(39-3)27(41-5)24(16-20)40-4/h6-11,14-16,18,26,30,33H,12-13,17H2,1-5H3. The number of hydrogen-bond donors (Lipinski definition) is 2. The first-order valence-corrected chi connectivity index (χ1v) is 14.4. The number of sulfonamides is 1. The average Bonchev–Trinajstić information content (AvgIpc) is 2.98. The number of aliphatic hydroxyl groups is 1. The Balaban J connectivity index is 1.93. The van der Waals surface area contributed by atoms with Crippen LogP contribution >= 0.6 is 0 Å². The van der Waals surface area contributed by atoms with Gasteiger partial charge in [-0.1, -0.05) is 26.0 Å². The van der Waals surface area contributed by atoms with Gasteiger partial charge in [0.1, 0.15) is 6.04 Å². The number of pyridine rings is 1. The van der Waals surface area contributed by atoms with E-state index in [1.54, 1.807) is 44.3 Å². The van der Waals surface area contributed by atoms with E-state index in [-0.39, 0.29) is 19.7 Å². The fourth-order valence-corrected chi connectivity index (χ4v) is 5.81. The van der Waals surface area contributed by atoms with E-state index in [9.17, 15) is 28.4 Å². The van der Waals surface area contributed by atoms with Crippen LogP contribution in [-0.4, -0.2) is 74.8 Å². The third-order valence-corrected chi connectivity index (χ3v) is 7.89. The van der Waals surface area contributed by atoms with Crippen LogP contribution in [0.3, 0.4) is 0 Å². The van der Waals surface area contributed by atoms with Gasteiger partial charge in [0.15, 0.2) is 16.4 Å². The van der Waals surface area contributed by atoms with Crippen molar-refractivity contribution in [3.63, 3.8) is 0 Å². The fourth-order valence-electron chi connectivity index (χ4n) is 4.30. The van der Waals surface area contributed by atoms with Gasteiger partial charge in [0.2, 0.25) is 21.7 Å². The molecule has 0 bridgehead atoms. The maximum atomic E-state index is 13.7. The van der Waals surface area contributed by atoms with Gasteiger partial charge in [-0.05, 0) is 41.8 Å². The number of carbonyl (C=O) groups excluding carboxylic acids is 1. The predicted molar refractivity (Wildman–Crippen MR) is 154 cm³/mol. The maximum absolute atomic E-state index is 13.7. The molecule has 0 saturated carbocycles. The second-order valence-electron chi connectivity index (χ2n) is 9.51. The molecular weight excluding hydrogens is 568 g/mol. The molecule has 1 atom stereocenters. The zero-order chi connectivity index (χ0) is 31.0. The minimum absolute atomic E-state index is 0.0236. The van der Waals surface area contributed by atoms with Gasteiger partial charge in [0, 0.05) is 30.9 Å². The average molecular weight is 603 g/mol. The molecule has 0 aliphatic rings. The van der Waals surface area contributed by atoms with Crippen molar-refractivity contribution in [3.8, 4) is 28.5 Å². The number of benzene rings is 2. The number of hydrogen-bond acceptors (Lipinski definition) is 10. The minimum Gasteiger partial charge on any atom is -0.493 e. The van der Waals surface area contributed by atoms with E-state index >= 15 is 0 Å². The highest BCUT2D eigenvalue weighted by atomic mass is 32.2. The highest BCUT2D eigenvalue weighted by molar-refractivity contribution is 7.89. The Morgan fingerprint density at radius 3 is 2.26 bits per heavy atom. The molecule has 1 unspecified atom stereocenters. The molecule has 226 valence electrons. The normalized spacial score (nSPS) is 12.1. The summed E-state index contributed by atoms with van der Waals surface area (Å²) in [4.78, 5) is 29.5. The molecule has 0 fully saturated rings. The van der Waals surface area contributed by atoms with E-state index < -0.39 is 43.4 Å². The summed E-state index contributed by atoms with van der Waals surface area (Å²) in [6.07, 6.45) is 1.56. The molecule has 3 aromatic rings. The number of rotatable bonds is 14. The van der Waals surface area contributed by atoms with Crippen LogP contribution in [0, 0.1) is 16.0 Å². The van der Waals surface area contributed by atoms with Crippen LogP contribution in [0.5, 0.6) is 17.2 Å². The molecule has 2 aromatic carbocycles. The minimum atomic E-state index is -4.45. The van der Waals surface area contributed by atoms with Crippen molar-refractivity contribution < 1.29 is 37.5 Å². The first kappa shape index (κ1) is 32.2. The number of nitro benzene ring substituents is 1. The number of nitrogens with one attached hydrogen (secondary N) is 1. The summed E-state index contributed by atoms with van der Waals surface area (Å²) in [5.74, 6) is 0.155. The van der Waals surface area contributed by atoms with Crippen LogP contribution in [0.2, 0.25) is 0 Å². The number of nitro groups is 1. The molecule has 42 heavy (non-hydrogen) atoms. The number of amides is 1. The maximum Gasteiger partial charge on any atom is 0.289 e. The van der Waals surface area contributed by atoms with E-state index in [4.69, 9.17) is 14.2 Å². The zero-order valence-corrected chi connectivity index (χ0v) is 24.8. The Bertz CT molecular complexity index is 1500. The molecule has 1 amide bonds. The highest BCUT2D eigenvalue weighted by Crippen LogP contribution is 2.41. The Hall–Kier alpha value is -4.27. The third kappa shape index (κ3) is 7.32. The van der Waals surface area contributed by atoms with Crippen LogP contribution in [0.1, 0.15) is 19.4 Å². The molecule has 0 aliphatic heterocycles. The quantitative estimate of drug-likeness (QED) is 0.206. The Labute approximate surface area is 244 Å². The lowest BCUT2D eigenvalue weighted by atomic mass is 10.0. The molecule has 1 heterocycles. The lowest BCUT2D eigenvalue weighted by molar-refractivity contribution is -0.387. The monoisotopic (exact) mass is 602 g/mol.